The molecule has 7 heteroatoms. The molecule has 1 saturated heterocycles. The molecule has 1 heterocycles. The van der Waals surface area contributed by atoms with Gasteiger partial charge in [0.2, 0.25) is 0 Å². The molecule has 0 aliphatic carbocycles. The zero-order valence-electron chi connectivity index (χ0n) is 13.4. The summed E-state index contributed by atoms with van der Waals surface area (Å²) in [6.07, 6.45) is -0.528. The van der Waals surface area contributed by atoms with Gasteiger partial charge in [0, 0.05) is 13.1 Å². The number of carboxylic acid groups (broad SMARTS) is 1. The van der Waals surface area contributed by atoms with E-state index in [-0.39, 0.29) is 6.04 Å². The van der Waals surface area contributed by atoms with Gasteiger partial charge in [-0.3, -0.25) is 9.69 Å². The predicted molar refractivity (Wildman–Crippen MR) is 81.5 cm³/mol. The third-order valence-corrected chi connectivity index (χ3v) is 3.39. The normalized spacial score (nSPS) is 17.2. The largest absolute Gasteiger partial charge is 0.480 e. The van der Waals surface area contributed by atoms with Crippen LogP contribution in [0.2, 0.25) is 0 Å². The minimum absolute atomic E-state index is 0.180. The summed E-state index contributed by atoms with van der Waals surface area (Å²) in [5.41, 5.74) is -0.202. The molecule has 1 atom stereocenters. The van der Waals surface area contributed by atoms with E-state index in [2.05, 4.69) is 5.32 Å². The van der Waals surface area contributed by atoms with Crippen molar-refractivity contribution < 1.29 is 23.8 Å². The number of ether oxygens (including phenoxy) is 1. The molecule has 0 radical (unpaired) electrons. The Hall–Kier alpha value is -2.15. The average molecular weight is 324 g/mol. The highest BCUT2D eigenvalue weighted by atomic mass is 19.1. The van der Waals surface area contributed by atoms with E-state index in [1.54, 1.807) is 31.7 Å². The zero-order chi connectivity index (χ0) is 17.2. The number of carboxylic acids is 1. The van der Waals surface area contributed by atoms with Crippen LogP contribution in [-0.4, -0.2) is 46.8 Å². The van der Waals surface area contributed by atoms with Crippen molar-refractivity contribution in [2.24, 2.45) is 0 Å². The van der Waals surface area contributed by atoms with E-state index in [0.29, 0.717) is 18.7 Å². The number of alkyl carbamates (subject to hydrolysis) is 1. The molecule has 1 aliphatic heterocycles. The van der Waals surface area contributed by atoms with Gasteiger partial charge in [-0.2, -0.15) is 0 Å². The quantitative estimate of drug-likeness (QED) is 0.887. The molecule has 1 aromatic carbocycles. The molecule has 0 unspecified atom stereocenters. The maximum Gasteiger partial charge on any atom is 0.407 e. The van der Waals surface area contributed by atoms with Gasteiger partial charge in [0.05, 0.1) is 6.04 Å². The van der Waals surface area contributed by atoms with Gasteiger partial charge < -0.3 is 15.2 Å². The molecule has 0 saturated carbocycles. The van der Waals surface area contributed by atoms with Crippen molar-refractivity contribution in [1.82, 2.24) is 10.2 Å². The lowest BCUT2D eigenvalue weighted by Gasteiger charge is -2.42. The number of halogens is 1. The Labute approximate surface area is 134 Å². The molecular weight excluding hydrogens is 303 g/mol. The van der Waals surface area contributed by atoms with Crippen molar-refractivity contribution in [2.45, 2.75) is 38.5 Å². The number of carbonyl (C=O) groups excluding carboxylic acids is 1. The molecule has 1 amide bonds. The Bertz CT molecular complexity index is 594. The van der Waals surface area contributed by atoms with Gasteiger partial charge >= 0.3 is 12.1 Å². The molecule has 1 aromatic rings. The summed E-state index contributed by atoms with van der Waals surface area (Å²) < 4.78 is 18.5. The van der Waals surface area contributed by atoms with Crippen molar-refractivity contribution in [3.05, 3.63) is 35.6 Å². The van der Waals surface area contributed by atoms with Crippen molar-refractivity contribution in [2.75, 3.05) is 13.1 Å². The number of likely N-dealkylation sites (tertiary alicyclic amines) is 1. The fourth-order valence-corrected chi connectivity index (χ4v) is 2.48. The minimum atomic E-state index is -1.05. The number of benzene rings is 1. The lowest BCUT2D eigenvalue weighted by Crippen LogP contribution is -2.61. The van der Waals surface area contributed by atoms with E-state index in [1.807, 2.05) is 0 Å². The first kappa shape index (κ1) is 17.2. The molecule has 0 bridgehead atoms. The van der Waals surface area contributed by atoms with Crippen molar-refractivity contribution in [3.8, 4) is 0 Å². The van der Waals surface area contributed by atoms with Crippen LogP contribution in [0.5, 0.6) is 0 Å². The SMILES string of the molecule is CC(C)(C)OC(=O)NC1CN([C@H](C(=O)O)c2cccc(F)c2)C1. The number of nitrogens with zero attached hydrogens (tertiary/aromatic N) is 1. The first-order chi connectivity index (χ1) is 10.7. The number of hydrogen-bond acceptors (Lipinski definition) is 4. The smallest absolute Gasteiger partial charge is 0.407 e. The average Bonchev–Trinajstić information content (AvgIpc) is 2.33. The van der Waals surface area contributed by atoms with Gasteiger partial charge in [-0.1, -0.05) is 12.1 Å². The van der Waals surface area contributed by atoms with E-state index in [1.165, 1.54) is 18.2 Å². The van der Waals surface area contributed by atoms with Gasteiger partial charge in [-0.05, 0) is 38.5 Å². The van der Waals surface area contributed by atoms with Crippen LogP contribution in [0.25, 0.3) is 0 Å². The maximum atomic E-state index is 13.3. The zero-order valence-corrected chi connectivity index (χ0v) is 13.4. The van der Waals surface area contributed by atoms with Gasteiger partial charge in [-0.15, -0.1) is 0 Å². The van der Waals surface area contributed by atoms with Gasteiger partial charge in [0.25, 0.3) is 0 Å². The van der Waals surface area contributed by atoms with Crippen LogP contribution in [-0.2, 0) is 9.53 Å². The van der Waals surface area contributed by atoms with Crippen LogP contribution >= 0.6 is 0 Å². The second kappa shape index (κ2) is 6.54. The van der Waals surface area contributed by atoms with Crippen LogP contribution in [0.1, 0.15) is 32.4 Å². The molecule has 1 aliphatic rings. The second-order valence-electron chi connectivity index (χ2n) is 6.59. The number of amides is 1. The Kier molecular flexibility index (Phi) is 4.89. The highest BCUT2D eigenvalue weighted by Gasteiger charge is 2.38. The molecule has 0 aromatic heterocycles. The molecular formula is C16H21FN2O4. The van der Waals surface area contributed by atoms with Crippen molar-refractivity contribution >= 4 is 12.1 Å². The van der Waals surface area contributed by atoms with Crippen molar-refractivity contribution in [1.29, 1.82) is 0 Å². The van der Waals surface area contributed by atoms with Crippen LogP contribution in [0.4, 0.5) is 9.18 Å². The molecule has 126 valence electrons. The first-order valence-electron chi connectivity index (χ1n) is 7.37. The fraction of sp³-hybridized carbons (Fsp3) is 0.500. The first-order valence-corrected chi connectivity index (χ1v) is 7.37. The van der Waals surface area contributed by atoms with Crippen LogP contribution in [0.15, 0.2) is 24.3 Å². The summed E-state index contributed by atoms with van der Waals surface area (Å²) in [7, 11) is 0. The molecule has 2 rings (SSSR count). The van der Waals surface area contributed by atoms with E-state index < -0.39 is 29.5 Å². The number of rotatable bonds is 4. The van der Waals surface area contributed by atoms with Crippen molar-refractivity contribution in [3.63, 3.8) is 0 Å². The highest BCUT2D eigenvalue weighted by molar-refractivity contribution is 5.76. The molecule has 23 heavy (non-hydrogen) atoms. The number of nitrogens with one attached hydrogen (secondary N) is 1. The third kappa shape index (κ3) is 4.66. The summed E-state index contributed by atoms with van der Waals surface area (Å²) in [6, 6.07) is 4.44. The van der Waals surface area contributed by atoms with Crippen LogP contribution < -0.4 is 5.32 Å². The lowest BCUT2D eigenvalue weighted by atomic mass is 9.99. The topological polar surface area (TPSA) is 78.9 Å². The summed E-state index contributed by atoms with van der Waals surface area (Å²) in [5, 5.41) is 12.1. The van der Waals surface area contributed by atoms with E-state index in [9.17, 15) is 19.1 Å². The van der Waals surface area contributed by atoms with Gasteiger partial charge in [0.15, 0.2) is 0 Å². The van der Waals surface area contributed by atoms with Crippen LogP contribution in [0, 0.1) is 5.82 Å². The highest BCUT2D eigenvalue weighted by Crippen LogP contribution is 2.27. The number of carbonyl (C=O) groups is 2. The Morgan fingerprint density at radius 2 is 2.04 bits per heavy atom. The Morgan fingerprint density at radius 1 is 1.39 bits per heavy atom. The summed E-state index contributed by atoms with van der Waals surface area (Å²) in [5.74, 6) is -1.52. The molecule has 6 nitrogen and oxygen atoms in total. The fourth-order valence-electron chi connectivity index (χ4n) is 2.48. The predicted octanol–water partition coefficient (Wildman–Crippen LogP) is 2.16. The summed E-state index contributed by atoms with van der Waals surface area (Å²) in [4.78, 5) is 24.8. The van der Waals surface area contributed by atoms with Crippen LogP contribution in [0.3, 0.4) is 0 Å². The Morgan fingerprint density at radius 3 is 2.57 bits per heavy atom. The number of hydrogen-bond donors (Lipinski definition) is 2. The standard InChI is InChI=1S/C16H21FN2O4/c1-16(2,3)23-15(22)18-12-8-19(9-12)13(14(20)21)10-5-4-6-11(17)7-10/h4-7,12-13H,8-9H2,1-3H3,(H,18,22)(H,20,21)/t13-/m0/s1. The van der Waals surface area contributed by atoms with Gasteiger partial charge in [0.1, 0.15) is 17.5 Å². The second-order valence-corrected chi connectivity index (χ2v) is 6.59. The molecule has 2 N–H and O–H groups in total. The minimum Gasteiger partial charge on any atom is -0.480 e. The van der Waals surface area contributed by atoms with E-state index in [4.69, 9.17) is 4.74 Å². The van der Waals surface area contributed by atoms with E-state index in [0.717, 1.165) is 0 Å². The number of aliphatic carboxylic acids is 1. The third-order valence-electron chi connectivity index (χ3n) is 3.39. The molecule has 0 spiro atoms. The molecule has 1 fully saturated rings. The van der Waals surface area contributed by atoms with Gasteiger partial charge in [-0.25, -0.2) is 9.18 Å². The summed E-state index contributed by atoms with van der Waals surface area (Å²) in [6.45, 7) is 6.04. The lowest BCUT2D eigenvalue weighted by molar-refractivity contribution is -0.145. The monoisotopic (exact) mass is 324 g/mol. The maximum absolute atomic E-state index is 13.3. The Balaban J connectivity index is 1.93. The summed E-state index contributed by atoms with van der Waals surface area (Å²) >= 11 is 0. The van der Waals surface area contributed by atoms with E-state index >= 15 is 0 Å².